The van der Waals surface area contributed by atoms with Gasteiger partial charge in [-0.2, -0.15) is 5.10 Å². The first-order valence-corrected chi connectivity index (χ1v) is 8.90. The van der Waals surface area contributed by atoms with Crippen molar-refractivity contribution in [3.8, 4) is 17.1 Å². The largest absolute Gasteiger partial charge is 0.497 e. The smallest absolute Gasteiger partial charge is 0.244 e. The molecule has 3 rings (SSSR count). The number of nitrogens with one attached hydrogen (secondary N) is 2. The molecule has 0 aliphatic heterocycles. The number of H-pyrrole nitrogens is 1. The number of carbonyl (C=O) groups is 1. The van der Waals surface area contributed by atoms with Crippen molar-refractivity contribution in [1.29, 1.82) is 0 Å². The Morgan fingerprint density at radius 1 is 1.24 bits per heavy atom. The lowest BCUT2D eigenvalue weighted by atomic mass is 10.2. The van der Waals surface area contributed by atoms with E-state index < -0.39 is 0 Å². The highest BCUT2D eigenvalue weighted by atomic mass is 127. The molecule has 2 N–H and O–H groups in total. The average molecular weight is 466 g/mol. The Labute approximate surface area is 163 Å². The summed E-state index contributed by atoms with van der Waals surface area (Å²) in [5.74, 6) is 1.18. The van der Waals surface area contributed by atoms with E-state index in [1.165, 1.54) is 0 Å². The van der Waals surface area contributed by atoms with E-state index in [-0.39, 0.29) is 12.5 Å². The Kier molecular flexibility index (Phi) is 5.49. The number of aromatic amines is 1. The van der Waals surface area contributed by atoms with Gasteiger partial charge in [0.1, 0.15) is 12.3 Å². The Morgan fingerprint density at radius 2 is 1.92 bits per heavy atom. The fourth-order valence-electron chi connectivity index (χ4n) is 2.30. The minimum atomic E-state index is -0.173. The highest BCUT2D eigenvalue weighted by Gasteiger charge is 2.12. The average Bonchev–Trinajstić information content (AvgIpc) is 2.98. The van der Waals surface area contributed by atoms with Crippen LogP contribution in [0, 0.1) is 8.34 Å². The van der Waals surface area contributed by atoms with Crippen molar-refractivity contribution in [1.82, 2.24) is 14.8 Å². The van der Waals surface area contributed by atoms with Gasteiger partial charge in [0.15, 0.2) is 10.6 Å². The van der Waals surface area contributed by atoms with E-state index >= 15 is 0 Å². The molecule has 8 heteroatoms. The molecule has 0 aliphatic rings. The normalized spacial score (nSPS) is 10.5. The van der Waals surface area contributed by atoms with Gasteiger partial charge < -0.3 is 10.1 Å². The van der Waals surface area contributed by atoms with E-state index in [1.807, 2.05) is 48.5 Å². The lowest BCUT2D eigenvalue weighted by Crippen LogP contribution is -2.19. The summed E-state index contributed by atoms with van der Waals surface area (Å²) in [6.07, 6.45) is 0. The summed E-state index contributed by atoms with van der Waals surface area (Å²) in [5.41, 5.74) is 1.58. The maximum atomic E-state index is 12.4. The molecule has 1 aromatic heterocycles. The molecule has 3 aromatic rings. The zero-order chi connectivity index (χ0) is 17.8. The summed E-state index contributed by atoms with van der Waals surface area (Å²) in [6.45, 7) is 0.0721. The molecular formula is C17H15IN4O2S. The molecule has 1 heterocycles. The van der Waals surface area contributed by atoms with E-state index in [1.54, 1.807) is 11.7 Å². The highest BCUT2D eigenvalue weighted by molar-refractivity contribution is 14.1. The van der Waals surface area contributed by atoms with Gasteiger partial charge in [-0.1, -0.05) is 0 Å². The molecule has 0 fully saturated rings. The molecule has 25 heavy (non-hydrogen) atoms. The van der Waals surface area contributed by atoms with E-state index in [2.05, 4.69) is 38.1 Å². The second kappa shape index (κ2) is 7.79. The van der Waals surface area contributed by atoms with Crippen molar-refractivity contribution in [2.75, 3.05) is 12.4 Å². The number of hydrogen-bond acceptors (Lipinski definition) is 4. The van der Waals surface area contributed by atoms with Gasteiger partial charge in [0.25, 0.3) is 0 Å². The Hall–Kier alpha value is -2.20. The molecule has 0 saturated heterocycles. The molecule has 6 nitrogen and oxygen atoms in total. The van der Waals surface area contributed by atoms with E-state index in [0.717, 1.165) is 20.6 Å². The van der Waals surface area contributed by atoms with Crippen LogP contribution in [0.15, 0.2) is 48.5 Å². The summed E-state index contributed by atoms with van der Waals surface area (Å²) in [5, 5.41) is 9.84. The summed E-state index contributed by atoms with van der Waals surface area (Å²) in [4.78, 5) is 12.4. The number of anilines is 1. The predicted octanol–water partition coefficient (Wildman–Crippen LogP) is 3.86. The first-order valence-electron chi connectivity index (χ1n) is 7.42. The lowest BCUT2D eigenvalue weighted by Gasteiger charge is -2.09. The minimum absolute atomic E-state index is 0.0721. The zero-order valence-corrected chi connectivity index (χ0v) is 16.3. The van der Waals surface area contributed by atoms with Crippen molar-refractivity contribution >= 4 is 46.4 Å². The third-order valence-electron chi connectivity index (χ3n) is 3.54. The van der Waals surface area contributed by atoms with Crippen LogP contribution in [0.5, 0.6) is 5.75 Å². The van der Waals surface area contributed by atoms with Gasteiger partial charge in [-0.25, -0.2) is 0 Å². The molecule has 2 aromatic carbocycles. The number of rotatable bonds is 5. The molecule has 0 saturated carbocycles. The van der Waals surface area contributed by atoms with Crippen molar-refractivity contribution in [2.45, 2.75) is 6.54 Å². The van der Waals surface area contributed by atoms with Crippen LogP contribution in [-0.4, -0.2) is 27.8 Å². The quantitative estimate of drug-likeness (QED) is 0.443. The molecule has 0 unspecified atom stereocenters. The van der Waals surface area contributed by atoms with Crippen LogP contribution in [0.4, 0.5) is 5.69 Å². The van der Waals surface area contributed by atoms with Crippen LogP contribution in [0.2, 0.25) is 0 Å². The number of nitrogens with zero attached hydrogens (tertiary/aromatic N) is 2. The number of benzene rings is 2. The summed E-state index contributed by atoms with van der Waals surface area (Å²) in [7, 11) is 1.61. The molecule has 0 radical (unpaired) electrons. The summed E-state index contributed by atoms with van der Waals surface area (Å²) in [6, 6.07) is 15.0. The van der Waals surface area contributed by atoms with Gasteiger partial charge in [0.05, 0.1) is 7.11 Å². The molecule has 0 spiro atoms. The van der Waals surface area contributed by atoms with E-state index in [0.29, 0.717) is 10.6 Å². The van der Waals surface area contributed by atoms with Crippen LogP contribution in [-0.2, 0) is 11.3 Å². The number of methoxy groups -OCH3 is 1. The van der Waals surface area contributed by atoms with Crippen LogP contribution in [0.25, 0.3) is 11.4 Å². The van der Waals surface area contributed by atoms with Crippen molar-refractivity contribution in [3.05, 3.63) is 56.9 Å². The van der Waals surface area contributed by atoms with E-state index in [9.17, 15) is 4.79 Å². The molecule has 0 bridgehead atoms. The van der Waals surface area contributed by atoms with Crippen molar-refractivity contribution < 1.29 is 9.53 Å². The molecule has 0 aliphatic carbocycles. The van der Waals surface area contributed by atoms with Gasteiger partial charge in [-0.3, -0.25) is 14.5 Å². The fourth-order valence-corrected chi connectivity index (χ4v) is 2.86. The maximum Gasteiger partial charge on any atom is 0.244 e. The maximum absolute atomic E-state index is 12.4. The van der Waals surface area contributed by atoms with Gasteiger partial charge >= 0.3 is 0 Å². The topological polar surface area (TPSA) is 71.9 Å². The molecule has 0 atom stereocenters. The number of aromatic nitrogens is 3. The standard InChI is InChI=1S/C17H15IN4O2S/c1-24-14-8-2-11(3-9-14)16-20-21-17(25)22(16)10-15(23)19-13-6-4-12(18)5-7-13/h2-9H,10H2,1H3,(H,19,23)(H,21,25). The number of halogens is 1. The molecule has 1 amide bonds. The monoisotopic (exact) mass is 466 g/mol. The Balaban J connectivity index is 1.80. The summed E-state index contributed by atoms with van der Waals surface area (Å²) >= 11 is 7.48. The zero-order valence-electron chi connectivity index (χ0n) is 13.3. The van der Waals surface area contributed by atoms with Crippen LogP contribution < -0.4 is 10.1 Å². The van der Waals surface area contributed by atoms with Crippen LogP contribution >= 0.6 is 34.8 Å². The highest BCUT2D eigenvalue weighted by Crippen LogP contribution is 2.21. The third kappa shape index (κ3) is 4.26. The van der Waals surface area contributed by atoms with Crippen molar-refractivity contribution in [3.63, 3.8) is 0 Å². The number of carbonyl (C=O) groups excluding carboxylic acids is 1. The number of hydrogen-bond donors (Lipinski definition) is 2. The predicted molar refractivity (Wildman–Crippen MR) is 107 cm³/mol. The van der Waals surface area contributed by atoms with Crippen molar-refractivity contribution in [2.24, 2.45) is 0 Å². The fraction of sp³-hybridized carbons (Fsp3) is 0.118. The Morgan fingerprint density at radius 3 is 2.56 bits per heavy atom. The third-order valence-corrected chi connectivity index (χ3v) is 4.57. The minimum Gasteiger partial charge on any atom is -0.497 e. The lowest BCUT2D eigenvalue weighted by molar-refractivity contribution is -0.116. The summed E-state index contributed by atoms with van der Waals surface area (Å²) < 4.78 is 8.32. The van der Waals surface area contributed by atoms with Gasteiger partial charge in [0, 0.05) is 14.8 Å². The van der Waals surface area contributed by atoms with Crippen LogP contribution in [0.1, 0.15) is 0 Å². The number of amides is 1. The SMILES string of the molecule is COc1ccc(-c2n[nH]c(=S)n2CC(=O)Nc2ccc(I)cc2)cc1. The second-order valence-corrected chi connectivity index (χ2v) is 6.85. The first-order chi connectivity index (χ1) is 12.1. The first kappa shape index (κ1) is 17.6. The van der Waals surface area contributed by atoms with Gasteiger partial charge in [0.2, 0.25) is 5.91 Å². The molecule has 128 valence electrons. The van der Waals surface area contributed by atoms with E-state index in [4.69, 9.17) is 17.0 Å². The number of ether oxygens (including phenoxy) is 1. The second-order valence-electron chi connectivity index (χ2n) is 5.22. The van der Waals surface area contributed by atoms with Crippen LogP contribution in [0.3, 0.4) is 0 Å². The Bertz CT molecular complexity index is 933. The van der Waals surface area contributed by atoms with Gasteiger partial charge in [-0.05, 0) is 83.3 Å². The molecular weight excluding hydrogens is 451 g/mol. The van der Waals surface area contributed by atoms with Gasteiger partial charge in [-0.15, -0.1) is 0 Å².